The molecule has 0 radical (unpaired) electrons. The molecule has 84 valence electrons. The van der Waals surface area contributed by atoms with Crippen molar-refractivity contribution in [2.45, 2.75) is 17.7 Å². The Morgan fingerprint density at radius 3 is 2.69 bits per heavy atom. The summed E-state index contributed by atoms with van der Waals surface area (Å²) < 4.78 is 22.6. The predicted molar refractivity (Wildman–Crippen MR) is 61.9 cm³/mol. The Morgan fingerprint density at radius 2 is 2.12 bits per heavy atom. The third-order valence-electron chi connectivity index (χ3n) is 2.08. The van der Waals surface area contributed by atoms with Crippen LogP contribution in [0.1, 0.15) is 23.2 Å². The zero-order chi connectivity index (χ0) is 12.2. The number of hydrogen-bond donors (Lipinski definition) is 0. The highest BCUT2D eigenvalue weighted by atomic mass is 32.2. The molecule has 0 saturated carbocycles. The molecule has 0 saturated heterocycles. The maximum Gasteiger partial charge on any atom is 0.175 e. The number of carbonyl (C=O) groups excluding carboxylic acids is 1. The largest absolute Gasteiger partial charge is 0.294 e. The van der Waals surface area contributed by atoms with Gasteiger partial charge in [0, 0.05) is 24.7 Å². The van der Waals surface area contributed by atoms with Crippen molar-refractivity contribution >= 4 is 15.6 Å². The number of carbonyl (C=O) groups is 1. The van der Waals surface area contributed by atoms with Crippen molar-refractivity contribution in [3.8, 4) is 12.3 Å². The molecule has 0 atom stereocenters. The minimum absolute atomic E-state index is 0.136. The van der Waals surface area contributed by atoms with Crippen molar-refractivity contribution in [2.24, 2.45) is 0 Å². The first kappa shape index (κ1) is 12.5. The van der Waals surface area contributed by atoms with E-state index in [1.54, 1.807) is 12.1 Å². The molecule has 1 aromatic rings. The van der Waals surface area contributed by atoms with Gasteiger partial charge in [0.2, 0.25) is 0 Å². The standard InChI is InChI=1S/C12H12O3S/c1-3-4-8-12(13)10-6-5-7-11(9-10)16(2,14)15/h1,5-7,9H,4,8H2,2H3. The van der Waals surface area contributed by atoms with Gasteiger partial charge in [-0.05, 0) is 12.1 Å². The number of sulfone groups is 1. The Labute approximate surface area is 95.4 Å². The Kier molecular flexibility index (Phi) is 3.86. The van der Waals surface area contributed by atoms with Gasteiger partial charge in [-0.3, -0.25) is 4.79 Å². The molecule has 0 heterocycles. The Balaban J connectivity index is 3.01. The monoisotopic (exact) mass is 236 g/mol. The topological polar surface area (TPSA) is 51.2 Å². The van der Waals surface area contributed by atoms with E-state index in [9.17, 15) is 13.2 Å². The normalized spacial score (nSPS) is 10.8. The van der Waals surface area contributed by atoms with Gasteiger partial charge in [0.05, 0.1) is 4.90 Å². The van der Waals surface area contributed by atoms with Crippen LogP contribution in [0.15, 0.2) is 29.2 Å². The molecule has 0 bridgehead atoms. The molecular weight excluding hydrogens is 224 g/mol. The van der Waals surface area contributed by atoms with Gasteiger partial charge < -0.3 is 0 Å². The number of terminal acetylenes is 1. The van der Waals surface area contributed by atoms with Gasteiger partial charge in [0.1, 0.15) is 0 Å². The third kappa shape index (κ3) is 3.21. The van der Waals surface area contributed by atoms with Gasteiger partial charge >= 0.3 is 0 Å². The molecule has 0 spiro atoms. The van der Waals surface area contributed by atoms with Crippen LogP contribution in [0.2, 0.25) is 0 Å². The van der Waals surface area contributed by atoms with Gasteiger partial charge in [-0.2, -0.15) is 0 Å². The van der Waals surface area contributed by atoms with Crippen molar-refractivity contribution in [3.63, 3.8) is 0 Å². The summed E-state index contributed by atoms with van der Waals surface area (Å²) in [5.41, 5.74) is 0.387. The lowest BCUT2D eigenvalue weighted by Crippen LogP contribution is -2.02. The lowest BCUT2D eigenvalue weighted by molar-refractivity contribution is 0.0984. The molecule has 0 aliphatic heterocycles. The number of ketones is 1. The van der Waals surface area contributed by atoms with Gasteiger partial charge in [0.15, 0.2) is 15.6 Å². The molecule has 3 nitrogen and oxygen atoms in total. The van der Waals surface area contributed by atoms with Crippen LogP contribution in [0.5, 0.6) is 0 Å². The molecule has 0 aromatic heterocycles. The van der Waals surface area contributed by atoms with Gasteiger partial charge in [-0.15, -0.1) is 12.3 Å². The summed E-state index contributed by atoms with van der Waals surface area (Å²) in [5.74, 6) is 2.24. The first-order valence-electron chi connectivity index (χ1n) is 4.72. The molecule has 0 aliphatic carbocycles. The van der Waals surface area contributed by atoms with Crippen LogP contribution < -0.4 is 0 Å². The lowest BCUT2D eigenvalue weighted by Gasteiger charge is -2.02. The average Bonchev–Trinajstić information content (AvgIpc) is 2.25. The van der Waals surface area contributed by atoms with E-state index in [1.807, 2.05) is 0 Å². The highest BCUT2D eigenvalue weighted by Gasteiger charge is 2.10. The second kappa shape index (κ2) is 4.95. The van der Waals surface area contributed by atoms with Crippen molar-refractivity contribution in [2.75, 3.05) is 6.26 Å². The highest BCUT2D eigenvalue weighted by Crippen LogP contribution is 2.13. The molecule has 0 aliphatic rings. The fourth-order valence-electron chi connectivity index (χ4n) is 1.23. The van der Waals surface area contributed by atoms with E-state index >= 15 is 0 Å². The fraction of sp³-hybridized carbons (Fsp3) is 0.250. The van der Waals surface area contributed by atoms with Crippen LogP contribution in [0.25, 0.3) is 0 Å². The van der Waals surface area contributed by atoms with Crippen LogP contribution in [-0.4, -0.2) is 20.5 Å². The molecular formula is C12H12O3S. The van der Waals surface area contributed by atoms with Crippen molar-refractivity contribution < 1.29 is 13.2 Å². The number of Topliss-reactive ketones (excluding diaryl/α,β-unsaturated/α-hetero) is 1. The van der Waals surface area contributed by atoms with Gasteiger partial charge in [-0.1, -0.05) is 12.1 Å². The minimum atomic E-state index is -3.27. The Bertz CT molecular complexity index is 536. The van der Waals surface area contributed by atoms with E-state index < -0.39 is 9.84 Å². The third-order valence-corrected chi connectivity index (χ3v) is 3.19. The lowest BCUT2D eigenvalue weighted by atomic mass is 10.1. The summed E-state index contributed by atoms with van der Waals surface area (Å²) >= 11 is 0. The molecule has 0 N–H and O–H groups in total. The first-order chi connectivity index (χ1) is 7.45. The van der Waals surface area contributed by atoms with Crippen molar-refractivity contribution in [1.29, 1.82) is 0 Å². The van der Waals surface area contributed by atoms with E-state index in [-0.39, 0.29) is 17.1 Å². The molecule has 0 amide bonds. The van der Waals surface area contributed by atoms with Gasteiger partial charge in [-0.25, -0.2) is 8.42 Å². The van der Waals surface area contributed by atoms with Crippen LogP contribution in [0.3, 0.4) is 0 Å². The second-order valence-corrected chi connectivity index (χ2v) is 5.44. The summed E-state index contributed by atoms with van der Waals surface area (Å²) in [7, 11) is -3.27. The predicted octanol–water partition coefficient (Wildman–Crippen LogP) is 1.69. The Hall–Kier alpha value is -1.60. The maximum atomic E-state index is 11.6. The van der Waals surface area contributed by atoms with Crippen molar-refractivity contribution in [1.82, 2.24) is 0 Å². The van der Waals surface area contributed by atoms with Crippen LogP contribution in [-0.2, 0) is 9.84 Å². The molecule has 4 heteroatoms. The zero-order valence-electron chi connectivity index (χ0n) is 8.93. The van der Waals surface area contributed by atoms with E-state index in [0.29, 0.717) is 12.0 Å². The Morgan fingerprint density at radius 1 is 1.44 bits per heavy atom. The number of rotatable bonds is 4. The minimum Gasteiger partial charge on any atom is -0.294 e. The molecule has 0 unspecified atom stereocenters. The molecule has 1 aromatic carbocycles. The van der Waals surface area contributed by atoms with E-state index in [4.69, 9.17) is 6.42 Å². The average molecular weight is 236 g/mol. The summed E-state index contributed by atoms with van der Waals surface area (Å²) in [6.45, 7) is 0. The molecule has 1 rings (SSSR count). The van der Waals surface area contributed by atoms with Crippen LogP contribution in [0, 0.1) is 12.3 Å². The quantitative estimate of drug-likeness (QED) is 0.590. The highest BCUT2D eigenvalue weighted by molar-refractivity contribution is 7.90. The second-order valence-electron chi connectivity index (χ2n) is 3.43. The van der Waals surface area contributed by atoms with Crippen LogP contribution >= 0.6 is 0 Å². The van der Waals surface area contributed by atoms with Crippen LogP contribution in [0.4, 0.5) is 0 Å². The summed E-state index contributed by atoms with van der Waals surface area (Å²) in [6.07, 6.45) is 6.77. The van der Waals surface area contributed by atoms with E-state index in [2.05, 4.69) is 5.92 Å². The smallest absolute Gasteiger partial charge is 0.175 e. The summed E-state index contributed by atoms with van der Waals surface area (Å²) in [4.78, 5) is 11.7. The van der Waals surface area contributed by atoms with Crippen molar-refractivity contribution in [3.05, 3.63) is 29.8 Å². The first-order valence-corrected chi connectivity index (χ1v) is 6.61. The maximum absolute atomic E-state index is 11.6. The fourth-order valence-corrected chi connectivity index (χ4v) is 1.90. The number of benzene rings is 1. The number of hydrogen-bond acceptors (Lipinski definition) is 3. The molecule has 16 heavy (non-hydrogen) atoms. The van der Waals surface area contributed by atoms with E-state index in [1.165, 1.54) is 12.1 Å². The van der Waals surface area contributed by atoms with E-state index in [0.717, 1.165) is 6.26 Å². The summed E-state index contributed by atoms with van der Waals surface area (Å²) in [6, 6.07) is 5.99. The zero-order valence-corrected chi connectivity index (χ0v) is 9.75. The SMILES string of the molecule is C#CCCC(=O)c1cccc(S(C)(=O)=O)c1. The summed E-state index contributed by atoms with van der Waals surface area (Å²) in [5, 5.41) is 0. The van der Waals surface area contributed by atoms with Gasteiger partial charge in [0.25, 0.3) is 0 Å². The molecule has 0 fully saturated rings.